The Bertz CT molecular complexity index is 134. The molecule has 0 saturated carbocycles. The molecule has 0 amide bonds. The first-order chi connectivity index (χ1) is 5.77. The fourth-order valence-electron chi connectivity index (χ4n) is 1.03. The van der Waals surface area contributed by atoms with Gasteiger partial charge in [-0.2, -0.15) is 0 Å². The molecule has 2 heteroatoms. The van der Waals surface area contributed by atoms with Crippen LogP contribution in [0.2, 0.25) is 0 Å². The van der Waals surface area contributed by atoms with Gasteiger partial charge in [0.2, 0.25) is 0 Å². The van der Waals surface area contributed by atoms with E-state index in [9.17, 15) is 0 Å². The summed E-state index contributed by atoms with van der Waals surface area (Å²) < 4.78 is 0. The summed E-state index contributed by atoms with van der Waals surface area (Å²) in [6.45, 7) is 16.5. The van der Waals surface area contributed by atoms with E-state index in [1.54, 1.807) is 0 Å². The summed E-state index contributed by atoms with van der Waals surface area (Å²) in [7, 11) is 0. The second-order valence-corrected chi connectivity index (χ2v) is 5.55. The lowest BCUT2D eigenvalue weighted by molar-refractivity contribution is 0.281. The topological polar surface area (TPSA) is 24.1 Å². The molecule has 0 radical (unpaired) electrons. The molecule has 2 nitrogen and oxygen atoms in total. The maximum atomic E-state index is 3.53. The average molecular weight is 186 g/mol. The van der Waals surface area contributed by atoms with E-state index in [0.717, 1.165) is 19.6 Å². The zero-order valence-corrected chi connectivity index (χ0v) is 10.1. The molecule has 0 aliphatic heterocycles. The van der Waals surface area contributed by atoms with Gasteiger partial charge in [0, 0.05) is 18.6 Å². The molecule has 0 aromatic rings. The van der Waals surface area contributed by atoms with Crippen LogP contribution in [-0.2, 0) is 0 Å². The van der Waals surface area contributed by atoms with Gasteiger partial charge < -0.3 is 10.6 Å². The van der Waals surface area contributed by atoms with Gasteiger partial charge in [0.05, 0.1) is 0 Å². The number of hydrogen-bond acceptors (Lipinski definition) is 2. The fraction of sp³-hybridized carbons (Fsp3) is 1.00. The van der Waals surface area contributed by atoms with Crippen molar-refractivity contribution in [3.8, 4) is 0 Å². The van der Waals surface area contributed by atoms with Gasteiger partial charge in [0.1, 0.15) is 0 Å². The molecular formula is C11H26N2. The van der Waals surface area contributed by atoms with E-state index in [0.29, 0.717) is 5.41 Å². The lowest BCUT2D eigenvalue weighted by atomic mass is 9.92. The molecular weight excluding hydrogens is 160 g/mol. The van der Waals surface area contributed by atoms with Crippen LogP contribution in [-0.4, -0.2) is 25.2 Å². The highest BCUT2D eigenvalue weighted by Gasteiger charge is 2.19. The Morgan fingerprint density at radius 1 is 0.923 bits per heavy atom. The quantitative estimate of drug-likeness (QED) is 0.686. The normalized spacial score (nSPS) is 13.4. The van der Waals surface area contributed by atoms with Crippen LogP contribution in [0.3, 0.4) is 0 Å². The second-order valence-electron chi connectivity index (χ2n) is 5.55. The molecule has 0 heterocycles. The summed E-state index contributed by atoms with van der Waals surface area (Å²) in [6, 6.07) is 0. The van der Waals surface area contributed by atoms with Crippen LogP contribution in [0, 0.1) is 5.41 Å². The Kier molecular flexibility index (Phi) is 4.93. The van der Waals surface area contributed by atoms with E-state index in [-0.39, 0.29) is 5.54 Å². The largest absolute Gasteiger partial charge is 0.316 e. The summed E-state index contributed by atoms with van der Waals surface area (Å²) in [5, 5.41) is 6.92. The van der Waals surface area contributed by atoms with E-state index in [1.165, 1.54) is 0 Å². The van der Waals surface area contributed by atoms with E-state index < -0.39 is 0 Å². The lowest BCUT2D eigenvalue weighted by Crippen LogP contribution is -2.45. The highest BCUT2D eigenvalue weighted by Crippen LogP contribution is 2.13. The molecule has 2 N–H and O–H groups in total. The van der Waals surface area contributed by atoms with Gasteiger partial charge in [-0.3, -0.25) is 0 Å². The molecule has 0 rings (SSSR count). The predicted molar refractivity (Wildman–Crippen MR) is 60.1 cm³/mol. The first-order valence-electron chi connectivity index (χ1n) is 5.22. The molecule has 80 valence electrons. The van der Waals surface area contributed by atoms with Crippen LogP contribution < -0.4 is 10.6 Å². The molecule has 0 spiro atoms. The highest BCUT2D eigenvalue weighted by atomic mass is 15.0. The standard InChI is InChI=1S/C11H26N2/c1-7-12-8-11(5,6)9-13-10(2,3)4/h12-13H,7-9H2,1-6H3. The molecule has 0 bridgehead atoms. The predicted octanol–water partition coefficient (Wildman–Crippen LogP) is 2.01. The van der Waals surface area contributed by atoms with Crippen LogP contribution in [0.4, 0.5) is 0 Å². The van der Waals surface area contributed by atoms with Crippen molar-refractivity contribution in [3.05, 3.63) is 0 Å². The zero-order valence-electron chi connectivity index (χ0n) is 10.1. The Labute approximate surface area is 83.5 Å². The van der Waals surface area contributed by atoms with Crippen LogP contribution in [0.1, 0.15) is 41.5 Å². The minimum absolute atomic E-state index is 0.226. The Hall–Kier alpha value is -0.0800. The maximum absolute atomic E-state index is 3.53. The minimum atomic E-state index is 0.226. The summed E-state index contributed by atoms with van der Waals surface area (Å²) in [6.07, 6.45) is 0. The van der Waals surface area contributed by atoms with Gasteiger partial charge in [0.25, 0.3) is 0 Å². The van der Waals surface area contributed by atoms with Gasteiger partial charge in [0.15, 0.2) is 0 Å². The monoisotopic (exact) mass is 186 g/mol. The molecule has 0 aliphatic rings. The van der Waals surface area contributed by atoms with Crippen molar-refractivity contribution in [2.45, 2.75) is 47.1 Å². The van der Waals surface area contributed by atoms with E-state index in [4.69, 9.17) is 0 Å². The van der Waals surface area contributed by atoms with Crippen molar-refractivity contribution < 1.29 is 0 Å². The number of nitrogens with one attached hydrogen (secondary N) is 2. The van der Waals surface area contributed by atoms with Crippen LogP contribution >= 0.6 is 0 Å². The van der Waals surface area contributed by atoms with Crippen LogP contribution in [0.15, 0.2) is 0 Å². The maximum Gasteiger partial charge on any atom is 0.00967 e. The Morgan fingerprint density at radius 3 is 1.85 bits per heavy atom. The minimum Gasteiger partial charge on any atom is -0.316 e. The van der Waals surface area contributed by atoms with Gasteiger partial charge in [-0.05, 0) is 32.7 Å². The molecule has 0 aromatic carbocycles. The average Bonchev–Trinajstić information content (AvgIpc) is 1.97. The van der Waals surface area contributed by atoms with E-state index in [1.807, 2.05) is 0 Å². The number of rotatable bonds is 5. The summed E-state index contributed by atoms with van der Waals surface area (Å²) in [5.74, 6) is 0. The van der Waals surface area contributed by atoms with Crippen molar-refractivity contribution >= 4 is 0 Å². The highest BCUT2D eigenvalue weighted by molar-refractivity contribution is 4.79. The third-order valence-electron chi connectivity index (χ3n) is 1.95. The van der Waals surface area contributed by atoms with Gasteiger partial charge in [-0.15, -0.1) is 0 Å². The third-order valence-corrected chi connectivity index (χ3v) is 1.95. The smallest absolute Gasteiger partial charge is 0.00967 e. The van der Waals surface area contributed by atoms with Gasteiger partial charge in [-0.25, -0.2) is 0 Å². The van der Waals surface area contributed by atoms with Gasteiger partial charge >= 0.3 is 0 Å². The zero-order chi connectivity index (χ0) is 10.5. The third kappa shape index (κ3) is 8.26. The van der Waals surface area contributed by atoms with Crippen LogP contribution in [0.25, 0.3) is 0 Å². The Balaban J connectivity index is 3.75. The molecule has 0 atom stereocenters. The van der Waals surface area contributed by atoms with Gasteiger partial charge in [-0.1, -0.05) is 20.8 Å². The molecule has 0 aromatic heterocycles. The lowest BCUT2D eigenvalue weighted by Gasteiger charge is -2.30. The van der Waals surface area contributed by atoms with Crippen molar-refractivity contribution in [3.63, 3.8) is 0 Å². The van der Waals surface area contributed by atoms with E-state index in [2.05, 4.69) is 52.2 Å². The molecule has 0 unspecified atom stereocenters. The second kappa shape index (κ2) is 4.97. The molecule has 0 fully saturated rings. The van der Waals surface area contributed by atoms with Crippen LogP contribution in [0.5, 0.6) is 0 Å². The fourth-order valence-corrected chi connectivity index (χ4v) is 1.03. The van der Waals surface area contributed by atoms with Crippen molar-refractivity contribution in [2.24, 2.45) is 5.41 Å². The molecule has 0 saturated heterocycles. The van der Waals surface area contributed by atoms with Crippen molar-refractivity contribution in [1.82, 2.24) is 10.6 Å². The SMILES string of the molecule is CCNCC(C)(C)CNC(C)(C)C. The summed E-state index contributed by atoms with van der Waals surface area (Å²) in [4.78, 5) is 0. The summed E-state index contributed by atoms with van der Waals surface area (Å²) >= 11 is 0. The van der Waals surface area contributed by atoms with Crippen molar-refractivity contribution in [1.29, 1.82) is 0 Å². The van der Waals surface area contributed by atoms with E-state index >= 15 is 0 Å². The Morgan fingerprint density at radius 2 is 1.46 bits per heavy atom. The molecule has 0 aliphatic carbocycles. The number of hydrogen-bond donors (Lipinski definition) is 2. The first-order valence-corrected chi connectivity index (χ1v) is 5.22. The van der Waals surface area contributed by atoms with Crippen molar-refractivity contribution in [2.75, 3.05) is 19.6 Å². The summed E-state index contributed by atoms with van der Waals surface area (Å²) in [5.41, 5.74) is 0.562. The first kappa shape index (κ1) is 12.9. The molecule has 13 heavy (non-hydrogen) atoms.